The topological polar surface area (TPSA) is 32.7 Å². The Bertz CT molecular complexity index is 777. The second-order valence-electron chi connectivity index (χ2n) is 12.2. The van der Waals surface area contributed by atoms with E-state index in [1.807, 2.05) is 0 Å². The van der Waals surface area contributed by atoms with Crippen molar-refractivity contribution in [2.75, 3.05) is 19.0 Å². The summed E-state index contributed by atoms with van der Waals surface area (Å²) in [7, 11) is 0. The number of hydrogen-bond donors (Lipinski definition) is 1. The van der Waals surface area contributed by atoms with Crippen LogP contribution in [0.5, 0.6) is 0 Å². The molecule has 1 N–H and O–H groups in total. The number of ether oxygens (including phenoxy) is 1. The zero-order valence-electron chi connectivity index (χ0n) is 20.7. The molecule has 2 saturated carbocycles. The molecular formula is C28H44ClNO2. The molecule has 180 valence electrons. The first-order valence-electron chi connectivity index (χ1n) is 13.4. The van der Waals surface area contributed by atoms with Gasteiger partial charge in [0.25, 0.3) is 0 Å². The van der Waals surface area contributed by atoms with Crippen LogP contribution in [0, 0.1) is 35.0 Å². The molecule has 0 amide bonds. The van der Waals surface area contributed by atoms with Crippen LogP contribution < -0.4 is 0 Å². The highest BCUT2D eigenvalue weighted by Gasteiger charge is 2.54. The second kappa shape index (κ2) is 8.93. The Hall–Kier alpha value is -0.510. The number of allylic oxidation sites excluding steroid dienone is 3. The van der Waals surface area contributed by atoms with Gasteiger partial charge < -0.3 is 9.84 Å². The minimum Gasteiger partial charge on any atom is -0.493 e. The highest BCUT2D eigenvalue weighted by molar-refractivity contribution is 6.18. The van der Waals surface area contributed by atoms with Gasteiger partial charge in [0.1, 0.15) is 6.10 Å². The van der Waals surface area contributed by atoms with E-state index in [1.165, 1.54) is 31.4 Å². The Morgan fingerprint density at radius 3 is 2.81 bits per heavy atom. The number of likely N-dealkylation sites (tertiary alicyclic amines) is 1. The summed E-state index contributed by atoms with van der Waals surface area (Å²) in [6.45, 7) is 11.8. The van der Waals surface area contributed by atoms with E-state index in [4.69, 9.17) is 16.3 Å². The monoisotopic (exact) mass is 461 g/mol. The number of alkyl halides is 1. The maximum Gasteiger partial charge on any atom is 0.114 e. The molecule has 5 rings (SSSR count). The van der Waals surface area contributed by atoms with Crippen molar-refractivity contribution in [3.05, 3.63) is 23.0 Å². The Labute approximate surface area is 200 Å². The maximum absolute atomic E-state index is 10.3. The Morgan fingerprint density at radius 2 is 2.03 bits per heavy atom. The molecule has 2 heterocycles. The van der Waals surface area contributed by atoms with Crippen LogP contribution in [-0.2, 0) is 4.74 Å². The van der Waals surface area contributed by atoms with Gasteiger partial charge in [-0.1, -0.05) is 32.4 Å². The number of rotatable bonds is 2. The van der Waals surface area contributed by atoms with Crippen molar-refractivity contribution >= 4 is 11.6 Å². The highest BCUT2D eigenvalue weighted by Crippen LogP contribution is 2.62. The number of aliphatic hydroxyl groups is 1. The van der Waals surface area contributed by atoms with Gasteiger partial charge in [-0.2, -0.15) is 0 Å². The zero-order chi connectivity index (χ0) is 22.6. The lowest BCUT2D eigenvalue weighted by molar-refractivity contribution is -0.0490. The van der Waals surface area contributed by atoms with E-state index in [2.05, 4.69) is 38.7 Å². The van der Waals surface area contributed by atoms with Gasteiger partial charge in [0.05, 0.1) is 11.9 Å². The quantitative estimate of drug-likeness (QED) is 0.395. The lowest BCUT2D eigenvalue weighted by atomic mass is 9.56. The summed E-state index contributed by atoms with van der Waals surface area (Å²) >= 11 is 6.21. The molecule has 0 aromatic carbocycles. The molecule has 0 bridgehead atoms. The highest BCUT2D eigenvalue weighted by atomic mass is 35.5. The summed E-state index contributed by atoms with van der Waals surface area (Å²) in [5.74, 6) is 5.38. The molecule has 0 spiro atoms. The van der Waals surface area contributed by atoms with Crippen LogP contribution >= 0.6 is 11.6 Å². The SMILES string of the molecule is C/C1=C2\C[C@H]3C(CC=C4CC(O)CCC43C)[C@@H]2CC[C@H](C)C2[C@@H](CC(C)CN2CCCl)O1. The van der Waals surface area contributed by atoms with Gasteiger partial charge >= 0.3 is 0 Å². The molecule has 9 atom stereocenters. The van der Waals surface area contributed by atoms with E-state index in [1.54, 1.807) is 11.1 Å². The summed E-state index contributed by atoms with van der Waals surface area (Å²) < 4.78 is 6.94. The van der Waals surface area contributed by atoms with Crippen molar-refractivity contribution in [1.29, 1.82) is 0 Å². The third kappa shape index (κ3) is 3.89. The van der Waals surface area contributed by atoms with Gasteiger partial charge in [0.15, 0.2) is 0 Å². The van der Waals surface area contributed by atoms with E-state index >= 15 is 0 Å². The van der Waals surface area contributed by atoms with Crippen molar-refractivity contribution < 1.29 is 9.84 Å². The number of halogens is 1. The molecule has 5 aliphatic rings. The van der Waals surface area contributed by atoms with Gasteiger partial charge in [-0.05, 0) is 98.9 Å². The summed E-state index contributed by atoms with van der Waals surface area (Å²) in [4.78, 5) is 2.64. The molecule has 0 aromatic heterocycles. The van der Waals surface area contributed by atoms with Crippen molar-refractivity contribution in [2.45, 2.75) is 97.3 Å². The average Bonchev–Trinajstić information content (AvgIpc) is 3.13. The predicted molar refractivity (Wildman–Crippen MR) is 132 cm³/mol. The summed E-state index contributed by atoms with van der Waals surface area (Å²) in [6.07, 6.45) is 11.8. The number of piperidine rings is 1. The fourth-order valence-corrected chi connectivity index (χ4v) is 8.83. The van der Waals surface area contributed by atoms with Crippen LogP contribution in [0.15, 0.2) is 23.0 Å². The number of fused-ring (bicyclic) bond motifs is 6. The Kier molecular flexibility index (Phi) is 6.49. The van der Waals surface area contributed by atoms with Gasteiger partial charge in [0, 0.05) is 25.0 Å². The van der Waals surface area contributed by atoms with Crippen LogP contribution in [0.4, 0.5) is 0 Å². The first kappa shape index (κ1) is 23.2. The lowest BCUT2D eigenvalue weighted by Gasteiger charge is -2.49. The van der Waals surface area contributed by atoms with Crippen molar-refractivity contribution in [1.82, 2.24) is 4.90 Å². The fraction of sp³-hybridized carbons (Fsp3) is 0.857. The van der Waals surface area contributed by atoms with Crippen LogP contribution in [0.25, 0.3) is 0 Å². The molecule has 3 fully saturated rings. The molecule has 4 heteroatoms. The van der Waals surface area contributed by atoms with Crippen molar-refractivity contribution in [2.24, 2.45) is 35.0 Å². The van der Waals surface area contributed by atoms with E-state index in [0.717, 1.165) is 50.6 Å². The fourth-order valence-electron chi connectivity index (χ4n) is 8.61. The normalized spacial score (nSPS) is 49.4. The molecule has 32 heavy (non-hydrogen) atoms. The minimum absolute atomic E-state index is 0.129. The molecule has 0 aromatic rings. The summed E-state index contributed by atoms with van der Waals surface area (Å²) in [6, 6.07) is 0.491. The molecule has 1 saturated heterocycles. The smallest absolute Gasteiger partial charge is 0.114 e. The summed E-state index contributed by atoms with van der Waals surface area (Å²) in [5.41, 5.74) is 3.46. The van der Waals surface area contributed by atoms with Gasteiger partial charge in [-0.15, -0.1) is 11.6 Å². The van der Waals surface area contributed by atoms with Crippen molar-refractivity contribution in [3.8, 4) is 0 Å². The van der Waals surface area contributed by atoms with E-state index in [9.17, 15) is 5.11 Å². The van der Waals surface area contributed by atoms with Crippen molar-refractivity contribution in [3.63, 3.8) is 0 Å². The van der Waals surface area contributed by atoms with Crippen LogP contribution in [0.3, 0.4) is 0 Å². The molecule has 0 radical (unpaired) electrons. The maximum atomic E-state index is 10.3. The van der Waals surface area contributed by atoms with Gasteiger partial charge in [-0.3, -0.25) is 4.90 Å². The van der Waals surface area contributed by atoms with Crippen LogP contribution in [-0.4, -0.2) is 47.2 Å². The standard InChI is InChI=1S/C28H44ClNO2/c1-17-13-26-27(30(16-17)12-11-29)18(2)5-7-22-23-8-6-20-14-21(31)9-10-28(20,4)25(23)15-24(22)19(3)32-26/h6,17-18,21-23,25-27,31H,5,7-16H2,1-4H3/b24-19-/t17?,18-,21?,22-,23?,25-,26+,27?,28?/m0/s1. The van der Waals surface area contributed by atoms with E-state index in [-0.39, 0.29) is 11.5 Å². The number of aliphatic hydroxyl groups excluding tert-OH is 1. The Balaban J connectivity index is 1.45. The minimum atomic E-state index is -0.129. The van der Waals surface area contributed by atoms with Crippen LogP contribution in [0.2, 0.25) is 0 Å². The van der Waals surface area contributed by atoms with Gasteiger partial charge in [-0.25, -0.2) is 0 Å². The molecule has 3 aliphatic carbocycles. The molecule has 5 unspecified atom stereocenters. The molecule has 2 aliphatic heterocycles. The second-order valence-corrected chi connectivity index (χ2v) is 12.5. The largest absolute Gasteiger partial charge is 0.493 e. The first-order valence-corrected chi connectivity index (χ1v) is 13.9. The zero-order valence-corrected chi connectivity index (χ0v) is 21.4. The van der Waals surface area contributed by atoms with Gasteiger partial charge in [0.2, 0.25) is 0 Å². The third-order valence-electron chi connectivity index (χ3n) is 10.2. The molecule has 3 nitrogen and oxygen atoms in total. The third-order valence-corrected chi connectivity index (χ3v) is 10.4. The first-order chi connectivity index (χ1) is 15.3. The van der Waals surface area contributed by atoms with E-state index in [0.29, 0.717) is 35.8 Å². The number of hydrogen-bond acceptors (Lipinski definition) is 3. The van der Waals surface area contributed by atoms with Crippen LogP contribution in [0.1, 0.15) is 79.1 Å². The summed E-state index contributed by atoms with van der Waals surface area (Å²) in [5, 5.41) is 10.3. The Morgan fingerprint density at radius 1 is 1.22 bits per heavy atom. The predicted octanol–water partition coefficient (Wildman–Crippen LogP) is 6.16. The lowest BCUT2D eigenvalue weighted by Crippen LogP contribution is -2.55. The molecular weight excluding hydrogens is 418 g/mol. The average molecular weight is 462 g/mol. The van der Waals surface area contributed by atoms with E-state index < -0.39 is 0 Å². The number of nitrogens with zero attached hydrogens (tertiary/aromatic N) is 1.